The Labute approximate surface area is 131 Å². The van der Waals surface area contributed by atoms with E-state index in [1.807, 2.05) is 25.1 Å². The van der Waals surface area contributed by atoms with Crippen LogP contribution in [-0.4, -0.2) is 16.7 Å². The van der Waals surface area contributed by atoms with E-state index in [1.54, 1.807) is 0 Å². The molecule has 6 heteroatoms. The minimum Gasteiger partial charge on any atom is -0.419 e. The van der Waals surface area contributed by atoms with E-state index in [0.717, 1.165) is 22.1 Å². The monoisotopic (exact) mass is 391 g/mol. The van der Waals surface area contributed by atoms with Gasteiger partial charge in [-0.2, -0.15) is 0 Å². The maximum Gasteiger partial charge on any atom is 0.248 e. The summed E-state index contributed by atoms with van der Waals surface area (Å²) in [6.45, 7) is 5.05. The molecular weight excluding hydrogens is 377 g/mol. The van der Waals surface area contributed by atoms with Crippen molar-refractivity contribution in [1.29, 1.82) is 0 Å². The number of rotatable bonds is 5. The van der Waals surface area contributed by atoms with Crippen molar-refractivity contribution in [3.05, 3.63) is 32.7 Å². The first-order chi connectivity index (χ1) is 9.11. The molecule has 1 aromatic heterocycles. The molecule has 2 rings (SSSR count). The summed E-state index contributed by atoms with van der Waals surface area (Å²) in [6, 6.07) is 5.67. The molecule has 0 amide bonds. The van der Waals surface area contributed by atoms with Crippen molar-refractivity contribution in [3.63, 3.8) is 0 Å². The van der Waals surface area contributed by atoms with Gasteiger partial charge >= 0.3 is 0 Å². The lowest BCUT2D eigenvalue weighted by molar-refractivity contribution is 0.423. The molecule has 1 atom stereocenters. The second-order valence-electron chi connectivity index (χ2n) is 4.25. The molecule has 0 aliphatic rings. The van der Waals surface area contributed by atoms with Gasteiger partial charge in [0.15, 0.2) is 0 Å². The van der Waals surface area contributed by atoms with Gasteiger partial charge in [0, 0.05) is 8.59 Å². The van der Waals surface area contributed by atoms with Gasteiger partial charge in [-0.3, -0.25) is 0 Å². The average molecular weight is 392 g/mol. The summed E-state index contributed by atoms with van der Waals surface area (Å²) in [7, 11) is 0. The number of nitrogens with one attached hydrogen (secondary N) is 1. The number of nitrogens with zero attached hydrogens (tertiary/aromatic N) is 2. The fraction of sp³-hybridized carbons (Fsp3) is 0.385. The Bertz CT molecular complexity index is 559. The van der Waals surface area contributed by atoms with Gasteiger partial charge in [0.05, 0.1) is 11.6 Å². The van der Waals surface area contributed by atoms with Crippen LogP contribution in [0.2, 0.25) is 5.02 Å². The third-order valence-electron chi connectivity index (χ3n) is 2.67. The average Bonchev–Trinajstić information content (AvgIpc) is 2.88. The number of benzene rings is 1. The van der Waals surface area contributed by atoms with Gasteiger partial charge in [-0.1, -0.05) is 18.5 Å². The van der Waals surface area contributed by atoms with Crippen molar-refractivity contribution < 1.29 is 4.42 Å². The lowest BCUT2D eigenvalue weighted by atomic mass is 10.2. The smallest absolute Gasteiger partial charge is 0.248 e. The lowest BCUT2D eigenvalue weighted by Gasteiger charge is -2.07. The number of hydrogen-bond acceptors (Lipinski definition) is 4. The summed E-state index contributed by atoms with van der Waals surface area (Å²) >= 11 is 8.23. The Morgan fingerprint density at radius 1 is 1.42 bits per heavy atom. The fourth-order valence-corrected chi connectivity index (χ4v) is 2.37. The van der Waals surface area contributed by atoms with Gasteiger partial charge in [-0.05, 0) is 60.7 Å². The van der Waals surface area contributed by atoms with Crippen molar-refractivity contribution in [1.82, 2.24) is 15.5 Å². The summed E-state index contributed by atoms with van der Waals surface area (Å²) in [5, 5.41) is 12.2. The number of aromatic nitrogens is 2. The van der Waals surface area contributed by atoms with Crippen LogP contribution in [0.25, 0.3) is 11.5 Å². The van der Waals surface area contributed by atoms with Gasteiger partial charge in [-0.15, -0.1) is 10.2 Å². The van der Waals surface area contributed by atoms with Crippen molar-refractivity contribution in [2.24, 2.45) is 0 Å². The predicted molar refractivity (Wildman–Crippen MR) is 84.2 cm³/mol. The highest BCUT2D eigenvalue weighted by Gasteiger charge is 2.16. The third-order valence-corrected chi connectivity index (χ3v) is 3.85. The summed E-state index contributed by atoms with van der Waals surface area (Å²) in [5.41, 5.74) is 0.870. The molecule has 1 unspecified atom stereocenters. The number of hydrogen-bond donors (Lipinski definition) is 1. The normalized spacial score (nSPS) is 12.6. The predicted octanol–water partition coefficient (Wildman–Crippen LogP) is 4.06. The van der Waals surface area contributed by atoms with Crippen LogP contribution in [0, 0.1) is 3.57 Å². The zero-order valence-corrected chi connectivity index (χ0v) is 13.7. The molecule has 0 fully saturated rings. The van der Waals surface area contributed by atoms with Crippen LogP contribution < -0.4 is 5.32 Å². The molecule has 4 nitrogen and oxygen atoms in total. The molecule has 0 radical (unpaired) electrons. The largest absolute Gasteiger partial charge is 0.419 e. The van der Waals surface area contributed by atoms with Gasteiger partial charge in [0.1, 0.15) is 0 Å². The van der Waals surface area contributed by atoms with Crippen LogP contribution in [0.15, 0.2) is 22.6 Å². The molecule has 1 aromatic carbocycles. The first-order valence-corrected chi connectivity index (χ1v) is 7.59. The maximum atomic E-state index is 6.00. The van der Waals surface area contributed by atoms with Crippen LogP contribution in [0.3, 0.4) is 0 Å². The van der Waals surface area contributed by atoms with E-state index >= 15 is 0 Å². The highest BCUT2D eigenvalue weighted by atomic mass is 127. The standard InChI is InChI=1S/C13H15ClIN3O/c1-3-6-16-8(2)12-17-18-13(19-12)10-7-9(14)4-5-11(10)15/h4-5,7-8,16H,3,6H2,1-2H3. The summed E-state index contributed by atoms with van der Waals surface area (Å²) in [4.78, 5) is 0. The molecule has 0 aliphatic carbocycles. The molecular formula is C13H15ClIN3O. The summed E-state index contributed by atoms with van der Waals surface area (Å²) < 4.78 is 6.75. The molecule has 102 valence electrons. The van der Waals surface area contributed by atoms with E-state index in [-0.39, 0.29) is 6.04 Å². The molecule has 1 heterocycles. The van der Waals surface area contributed by atoms with Gasteiger partial charge in [0.25, 0.3) is 0 Å². The minimum atomic E-state index is 0.0537. The van der Waals surface area contributed by atoms with Gasteiger partial charge < -0.3 is 9.73 Å². The molecule has 19 heavy (non-hydrogen) atoms. The number of halogens is 2. The van der Waals surface area contributed by atoms with Gasteiger partial charge in [0.2, 0.25) is 11.8 Å². The van der Waals surface area contributed by atoms with E-state index < -0.39 is 0 Å². The second kappa shape index (κ2) is 6.67. The van der Waals surface area contributed by atoms with E-state index in [0.29, 0.717) is 16.8 Å². The zero-order chi connectivity index (χ0) is 13.8. The Balaban J connectivity index is 2.23. The Morgan fingerprint density at radius 3 is 2.95 bits per heavy atom. The minimum absolute atomic E-state index is 0.0537. The molecule has 0 spiro atoms. The van der Waals surface area contributed by atoms with Crippen LogP contribution in [0.1, 0.15) is 32.2 Å². The maximum absolute atomic E-state index is 6.00. The zero-order valence-electron chi connectivity index (χ0n) is 10.8. The molecule has 0 bridgehead atoms. The molecule has 2 aromatic rings. The van der Waals surface area contributed by atoms with Crippen molar-refractivity contribution in [3.8, 4) is 11.5 Å². The van der Waals surface area contributed by atoms with Crippen LogP contribution in [0.5, 0.6) is 0 Å². The molecule has 0 aliphatic heterocycles. The Kier molecular flexibility index (Phi) is 5.18. The SMILES string of the molecule is CCCNC(C)c1nnc(-c2cc(Cl)ccc2I)o1. The van der Waals surface area contributed by atoms with Crippen molar-refractivity contribution in [2.45, 2.75) is 26.3 Å². The second-order valence-corrected chi connectivity index (χ2v) is 5.84. The van der Waals surface area contributed by atoms with Crippen LogP contribution in [-0.2, 0) is 0 Å². The fourth-order valence-electron chi connectivity index (χ4n) is 1.63. The molecule has 1 N–H and O–H groups in total. The quantitative estimate of drug-likeness (QED) is 0.781. The first-order valence-electron chi connectivity index (χ1n) is 6.14. The van der Waals surface area contributed by atoms with Crippen LogP contribution in [0.4, 0.5) is 0 Å². The molecule has 0 saturated heterocycles. The highest BCUT2D eigenvalue weighted by Crippen LogP contribution is 2.28. The van der Waals surface area contributed by atoms with Crippen molar-refractivity contribution in [2.75, 3.05) is 6.54 Å². The summed E-state index contributed by atoms with van der Waals surface area (Å²) in [5.74, 6) is 1.10. The van der Waals surface area contributed by atoms with E-state index in [1.165, 1.54) is 0 Å². The topological polar surface area (TPSA) is 51.0 Å². The van der Waals surface area contributed by atoms with E-state index in [4.69, 9.17) is 16.0 Å². The molecule has 0 saturated carbocycles. The third kappa shape index (κ3) is 3.67. The van der Waals surface area contributed by atoms with E-state index in [9.17, 15) is 0 Å². The highest BCUT2D eigenvalue weighted by molar-refractivity contribution is 14.1. The first kappa shape index (κ1) is 14.7. The lowest BCUT2D eigenvalue weighted by Crippen LogP contribution is -2.19. The van der Waals surface area contributed by atoms with Gasteiger partial charge in [-0.25, -0.2) is 0 Å². The van der Waals surface area contributed by atoms with Crippen LogP contribution >= 0.6 is 34.2 Å². The van der Waals surface area contributed by atoms with Crippen molar-refractivity contribution >= 4 is 34.2 Å². The Hall–Kier alpha value is -0.660. The Morgan fingerprint density at radius 2 is 2.21 bits per heavy atom. The summed E-state index contributed by atoms with van der Waals surface area (Å²) in [6.07, 6.45) is 1.07. The van der Waals surface area contributed by atoms with E-state index in [2.05, 4.69) is 45.0 Å².